The second-order valence-corrected chi connectivity index (χ2v) is 7.11. The maximum atomic E-state index is 11.0. The molecule has 0 saturated heterocycles. The molecule has 0 aliphatic rings. The molecule has 0 heterocycles. The van der Waals surface area contributed by atoms with Gasteiger partial charge in [0.2, 0.25) is 0 Å². The standard InChI is InChI=1S/C14H19NO2S2/c1-15(2)13-9-7-12(8-10-13)14(18-3)6-5-11-19(4,16)17/h5-11H,1-4H3/b11-5+,14-6-. The summed E-state index contributed by atoms with van der Waals surface area (Å²) in [6.45, 7) is 0. The number of hydrogen-bond acceptors (Lipinski definition) is 4. The van der Waals surface area contributed by atoms with Crippen molar-refractivity contribution in [3.8, 4) is 0 Å². The van der Waals surface area contributed by atoms with Crippen LogP contribution in [0.15, 0.2) is 41.8 Å². The fourth-order valence-corrected chi connectivity index (χ4v) is 2.43. The van der Waals surface area contributed by atoms with Crippen LogP contribution in [0.3, 0.4) is 0 Å². The number of benzene rings is 1. The van der Waals surface area contributed by atoms with Crippen molar-refractivity contribution in [3.63, 3.8) is 0 Å². The molecule has 104 valence electrons. The molecular formula is C14H19NO2S2. The molecule has 0 fully saturated rings. The molecule has 0 bridgehead atoms. The molecule has 0 spiro atoms. The lowest BCUT2D eigenvalue weighted by Gasteiger charge is -2.13. The third-order valence-corrected chi connectivity index (χ3v) is 3.92. The number of allylic oxidation sites excluding steroid dienone is 2. The van der Waals surface area contributed by atoms with Gasteiger partial charge in [0, 0.05) is 36.4 Å². The van der Waals surface area contributed by atoms with E-state index in [0.717, 1.165) is 16.2 Å². The van der Waals surface area contributed by atoms with Crippen molar-refractivity contribution in [2.75, 3.05) is 31.5 Å². The molecule has 1 aromatic carbocycles. The Balaban J connectivity index is 2.97. The number of anilines is 1. The van der Waals surface area contributed by atoms with Gasteiger partial charge in [-0.3, -0.25) is 0 Å². The Kier molecular flexibility index (Phi) is 5.69. The van der Waals surface area contributed by atoms with Crippen LogP contribution in [-0.4, -0.2) is 35.0 Å². The Labute approximate surface area is 119 Å². The van der Waals surface area contributed by atoms with E-state index in [4.69, 9.17) is 0 Å². The summed E-state index contributed by atoms with van der Waals surface area (Å²) >= 11 is 1.59. The van der Waals surface area contributed by atoms with Crippen molar-refractivity contribution in [1.29, 1.82) is 0 Å². The zero-order valence-electron chi connectivity index (χ0n) is 11.6. The summed E-state index contributed by atoms with van der Waals surface area (Å²) in [5.41, 5.74) is 2.21. The van der Waals surface area contributed by atoms with Gasteiger partial charge in [-0.2, -0.15) is 0 Å². The van der Waals surface area contributed by atoms with E-state index in [1.54, 1.807) is 17.8 Å². The van der Waals surface area contributed by atoms with E-state index in [1.165, 1.54) is 11.7 Å². The fourth-order valence-electron chi connectivity index (χ4n) is 1.48. The molecule has 1 aromatic rings. The number of nitrogens with zero attached hydrogens (tertiary/aromatic N) is 1. The quantitative estimate of drug-likeness (QED) is 0.783. The maximum Gasteiger partial charge on any atom is 0.168 e. The molecule has 0 saturated carbocycles. The van der Waals surface area contributed by atoms with Gasteiger partial charge < -0.3 is 4.90 Å². The van der Waals surface area contributed by atoms with Gasteiger partial charge in [-0.25, -0.2) is 8.42 Å². The molecule has 0 radical (unpaired) electrons. The Bertz CT molecular complexity index is 570. The summed E-state index contributed by atoms with van der Waals surface area (Å²) in [5.74, 6) is 0. The van der Waals surface area contributed by atoms with Crippen molar-refractivity contribution in [2.24, 2.45) is 0 Å². The van der Waals surface area contributed by atoms with Crippen LogP contribution in [-0.2, 0) is 9.84 Å². The van der Waals surface area contributed by atoms with Crippen LogP contribution in [0.25, 0.3) is 4.91 Å². The SMILES string of the molecule is CS/C(=C\C=C\S(C)(=O)=O)c1ccc(N(C)C)cc1. The average Bonchev–Trinajstić information content (AvgIpc) is 2.33. The van der Waals surface area contributed by atoms with Crippen molar-refractivity contribution >= 4 is 32.2 Å². The lowest BCUT2D eigenvalue weighted by molar-refractivity contribution is 0.610. The Morgan fingerprint density at radius 1 is 1.21 bits per heavy atom. The molecule has 0 amide bonds. The molecule has 1 rings (SSSR count). The van der Waals surface area contributed by atoms with E-state index >= 15 is 0 Å². The first-order valence-corrected chi connectivity index (χ1v) is 8.91. The molecule has 0 N–H and O–H groups in total. The molecule has 0 aliphatic carbocycles. The minimum absolute atomic E-state index is 1.03. The molecule has 3 nitrogen and oxygen atoms in total. The molecule has 0 atom stereocenters. The van der Waals surface area contributed by atoms with Gasteiger partial charge in [0.05, 0.1) is 0 Å². The first kappa shape index (κ1) is 15.9. The second kappa shape index (κ2) is 6.82. The van der Waals surface area contributed by atoms with E-state index < -0.39 is 9.84 Å². The zero-order valence-corrected chi connectivity index (χ0v) is 13.3. The third kappa shape index (κ3) is 5.53. The molecular weight excluding hydrogens is 278 g/mol. The van der Waals surface area contributed by atoms with Crippen LogP contribution in [0.5, 0.6) is 0 Å². The summed E-state index contributed by atoms with van der Waals surface area (Å²) in [5, 5.41) is 1.21. The van der Waals surface area contributed by atoms with Crippen molar-refractivity contribution in [1.82, 2.24) is 0 Å². The minimum Gasteiger partial charge on any atom is -0.378 e. The summed E-state index contributed by atoms with van der Waals surface area (Å²) < 4.78 is 22.1. The van der Waals surface area contributed by atoms with Gasteiger partial charge in [-0.15, -0.1) is 11.8 Å². The molecule has 0 unspecified atom stereocenters. The smallest absolute Gasteiger partial charge is 0.168 e. The summed E-state index contributed by atoms with van der Waals surface area (Å²) in [6, 6.07) is 8.15. The van der Waals surface area contributed by atoms with Crippen LogP contribution >= 0.6 is 11.8 Å². The van der Waals surface area contributed by atoms with Crippen molar-refractivity contribution in [2.45, 2.75) is 0 Å². The van der Waals surface area contributed by atoms with Gasteiger partial charge in [0.25, 0.3) is 0 Å². The first-order chi connectivity index (χ1) is 8.83. The van der Waals surface area contributed by atoms with Gasteiger partial charge in [-0.05, 0) is 36.1 Å². The number of sulfone groups is 1. The number of rotatable bonds is 5. The van der Waals surface area contributed by atoms with Gasteiger partial charge in [-0.1, -0.05) is 12.1 Å². The lowest BCUT2D eigenvalue weighted by atomic mass is 10.2. The third-order valence-electron chi connectivity index (χ3n) is 2.46. The Morgan fingerprint density at radius 2 is 1.79 bits per heavy atom. The van der Waals surface area contributed by atoms with Crippen LogP contribution in [0, 0.1) is 0 Å². The van der Waals surface area contributed by atoms with E-state index in [9.17, 15) is 8.42 Å². The summed E-state index contributed by atoms with van der Waals surface area (Å²) in [6.07, 6.45) is 6.54. The lowest BCUT2D eigenvalue weighted by Crippen LogP contribution is -2.08. The predicted octanol–water partition coefficient (Wildman–Crippen LogP) is 3.01. The highest BCUT2D eigenvalue weighted by atomic mass is 32.2. The van der Waals surface area contributed by atoms with Crippen LogP contribution in [0.4, 0.5) is 5.69 Å². The summed E-state index contributed by atoms with van der Waals surface area (Å²) in [4.78, 5) is 3.07. The Morgan fingerprint density at radius 3 is 2.21 bits per heavy atom. The van der Waals surface area contributed by atoms with Crippen LogP contribution in [0.2, 0.25) is 0 Å². The molecule has 0 aromatic heterocycles. The number of hydrogen-bond donors (Lipinski definition) is 0. The van der Waals surface area contributed by atoms with Gasteiger partial charge in [0.1, 0.15) is 0 Å². The zero-order chi connectivity index (χ0) is 14.5. The van der Waals surface area contributed by atoms with E-state index in [2.05, 4.69) is 0 Å². The fraction of sp³-hybridized carbons (Fsp3) is 0.286. The Hall–Kier alpha value is -1.20. The van der Waals surface area contributed by atoms with Crippen LogP contribution < -0.4 is 4.90 Å². The van der Waals surface area contributed by atoms with Gasteiger partial charge in [0.15, 0.2) is 9.84 Å². The van der Waals surface area contributed by atoms with E-state index in [-0.39, 0.29) is 0 Å². The number of thioether (sulfide) groups is 1. The largest absolute Gasteiger partial charge is 0.378 e. The first-order valence-electron chi connectivity index (χ1n) is 5.73. The highest BCUT2D eigenvalue weighted by molar-refractivity contribution is 8.07. The summed E-state index contributed by atoms with van der Waals surface area (Å²) in [7, 11) is 0.921. The van der Waals surface area contributed by atoms with E-state index in [0.29, 0.717) is 0 Å². The molecule has 5 heteroatoms. The van der Waals surface area contributed by atoms with Crippen molar-refractivity contribution < 1.29 is 8.42 Å². The minimum atomic E-state index is -3.07. The van der Waals surface area contributed by atoms with Crippen molar-refractivity contribution in [3.05, 3.63) is 47.4 Å². The maximum absolute atomic E-state index is 11.0. The van der Waals surface area contributed by atoms with Gasteiger partial charge >= 0.3 is 0 Å². The molecule has 19 heavy (non-hydrogen) atoms. The monoisotopic (exact) mass is 297 g/mol. The highest BCUT2D eigenvalue weighted by Gasteiger charge is 2.01. The average molecular weight is 297 g/mol. The molecule has 0 aliphatic heterocycles. The van der Waals surface area contributed by atoms with Crippen LogP contribution in [0.1, 0.15) is 5.56 Å². The topological polar surface area (TPSA) is 37.4 Å². The second-order valence-electron chi connectivity index (χ2n) is 4.33. The highest BCUT2D eigenvalue weighted by Crippen LogP contribution is 2.26. The van der Waals surface area contributed by atoms with E-state index in [1.807, 2.05) is 55.6 Å². The predicted molar refractivity (Wildman–Crippen MR) is 86.2 cm³/mol. The normalized spacial score (nSPS) is 12.9.